The van der Waals surface area contributed by atoms with Gasteiger partial charge in [0, 0.05) is 24.9 Å². The molecule has 0 aliphatic carbocycles. The van der Waals surface area contributed by atoms with Crippen LogP contribution in [0, 0.1) is 5.82 Å². The van der Waals surface area contributed by atoms with E-state index in [-0.39, 0.29) is 23.9 Å². The first-order valence-electron chi connectivity index (χ1n) is 6.84. The van der Waals surface area contributed by atoms with Crippen molar-refractivity contribution >= 4 is 17.5 Å². The molecule has 0 bridgehead atoms. The van der Waals surface area contributed by atoms with Gasteiger partial charge in [-0.05, 0) is 19.1 Å². The number of amides is 1. The molecule has 2 rings (SSSR count). The maximum atomic E-state index is 13.0. The molecule has 1 atom stereocenters. The molecule has 0 saturated carbocycles. The molecule has 23 heavy (non-hydrogen) atoms. The highest BCUT2D eigenvalue weighted by Gasteiger charge is 2.25. The molecule has 1 aromatic heterocycles. The standard InChI is InChI=1S/C15H17ClFN3O3/c1-15(22,10-6-19-20(2)7-10)9-18-14(21)8-23-11-3-4-13(17)12(16)5-11/h3-7,22H,8-9H2,1-2H3,(H,18,21). The second kappa shape index (κ2) is 6.97. The molecule has 0 radical (unpaired) electrons. The summed E-state index contributed by atoms with van der Waals surface area (Å²) in [6.07, 6.45) is 3.20. The summed E-state index contributed by atoms with van der Waals surface area (Å²) in [4.78, 5) is 11.8. The molecule has 124 valence electrons. The summed E-state index contributed by atoms with van der Waals surface area (Å²) < 4.78 is 19.8. The van der Waals surface area contributed by atoms with E-state index in [0.717, 1.165) is 6.07 Å². The number of carbonyl (C=O) groups excluding carboxylic acids is 1. The minimum Gasteiger partial charge on any atom is -0.484 e. The van der Waals surface area contributed by atoms with Crippen molar-refractivity contribution in [1.29, 1.82) is 0 Å². The number of aryl methyl sites for hydroxylation is 1. The summed E-state index contributed by atoms with van der Waals surface area (Å²) in [5, 5.41) is 16.8. The van der Waals surface area contributed by atoms with Gasteiger partial charge in [0.25, 0.3) is 5.91 Å². The van der Waals surface area contributed by atoms with Crippen LogP contribution in [0.15, 0.2) is 30.6 Å². The zero-order valence-corrected chi connectivity index (χ0v) is 13.5. The summed E-state index contributed by atoms with van der Waals surface area (Å²) in [5.41, 5.74) is -0.658. The second-order valence-electron chi connectivity index (χ2n) is 5.32. The molecule has 0 spiro atoms. The lowest BCUT2D eigenvalue weighted by Crippen LogP contribution is -2.40. The monoisotopic (exact) mass is 341 g/mol. The van der Waals surface area contributed by atoms with Crippen LogP contribution in [-0.2, 0) is 17.4 Å². The van der Waals surface area contributed by atoms with Gasteiger partial charge in [0.2, 0.25) is 0 Å². The van der Waals surface area contributed by atoms with Crippen molar-refractivity contribution < 1.29 is 19.0 Å². The number of hydrogen-bond acceptors (Lipinski definition) is 4. The van der Waals surface area contributed by atoms with Crippen LogP contribution in [-0.4, -0.2) is 33.9 Å². The van der Waals surface area contributed by atoms with Crippen molar-refractivity contribution in [3.63, 3.8) is 0 Å². The van der Waals surface area contributed by atoms with Crippen LogP contribution >= 0.6 is 11.6 Å². The van der Waals surface area contributed by atoms with Crippen LogP contribution in [0.2, 0.25) is 5.02 Å². The lowest BCUT2D eigenvalue weighted by Gasteiger charge is -2.22. The van der Waals surface area contributed by atoms with Crippen molar-refractivity contribution in [1.82, 2.24) is 15.1 Å². The van der Waals surface area contributed by atoms with Gasteiger partial charge in [-0.15, -0.1) is 0 Å². The van der Waals surface area contributed by atoms with Gasteiger partial charge in [0.1, 0.15) is 17.2 Å². The average molecular weight is 342 g/mol. The molecular formula is C15H17ClFN3O3. The third-order valence-corrected chi connectivity index (χ3v) is 3.51. The quantitative estimate of drug-likeness (QED) is 0.837. The Morgan fingerprint density at radius 3 is 2.91 bits per heavy atom. The van der Waals surface area contributed by atoms with Gasteiger partial charge in [-0.2, -0.15) is 5.10 Å². The highest BCUT2D eigenvalue weighted by atomic mass is 35.5. The van der Waals surface area contributed by atoms with Gasteiger partial charge in [-0.25, -0.2) is 4.39 Å². The lowest BCUT2D eigenvalue weighted by molar-refractivity contribution is -0.124. The number of ether oxygens (including phenoxy) is 1. The van der Waals surface area contributed by atoms with Crippen LogP contribution < -0.4 is 10.1 Å². The van der Waals surface area contributed by atoms with Gasteiger partial charge in [0.15, 0.2) is 6.61 Å². The summed E-state index contributed by atoms with van der Waals surface area (Å²) >= 11 is 5.62. The maximum absolute atomic E-state index is 13.0. The Morgan fingerprint density at radius 2 is 2.30 bits per heavy atom. The van der Waals surface area contributed by atoms with Crippen LogP contribution in [0.4, 0.5) is 4.39 Å². The van der Waals surface area contributed by atoms with E-state index in [4.69, 9.17) is 16.3 Å². The Hall–Kier alpha value is -2.12. The highest BCUT2D eigenvalue weighted by molar-refractivity contribution is 6.30. The van der Waals surface area contributed by atoms with E-state index in [2.05, 4.69) is 10.4 Å². The van der Waals surface area contributed by atoms with E-state index in [1.54, 1.807) is 24.9 Å². The fourth-order valence-electron chi connectivity index (χ4n) is 1.84. The number of aliphatic hydroxyl groups is 1. The zero-order chi connectivity index (χ0) is 17.0. The first-order valence-corrected chi connectivity index (χ1v) is 7.22. The number of aromatic nitrogens is 2. The Morgan fingerprint density at radius 1 is 1.57 bits per heavy atom. The van der Waals surface area contributed by atoms with Gasteiger partial charge in [-0.3, -0.25) is 9.48 Å². The van der Waals surface area contributed by atoms with E-state index in [9.17, 15) is 14.3 Å². The molecule has 2 N–H and O–H groups in total. The highest BCUT2D eigenvalue weighted by Crippen LogP contribution is 2.21. The van der Waals surface area contributed by atoms with Gasteiger partial charge in [0.05, 0.1) is 17.8 Å². The molecule has 1 aromatic carbocycles. The minimum absolute atomic E-state index is 0.00502. The second-order valence-corrected chi connectivity index (χ2v) is 5.73. The van der Waals surface area contributed by atoms with Crippen LogP contribution in [0.1, 0.15) is 12.5 Å². The third-order valence-electron chi connectivity index (χ3n) is 3.22. The van der Waals surface area contributed by atoms with Crippen molar-refractivity contribution in [2.24, 2.45) is 7.05 Å². The van der Waals surface area contributed by atoms with Crippen LogP contribution in [0.25, 0.3) is 0 Å². The van der Waals surface area contributed by atoms with Crippen molar-refractivity contribution in [2.45, 2.75) is 12.5 Å². The predicted molar refractivity (Wildman–Crippen MR) is 82.7 cm³/mol. The number of halogens is 2. The van der Waals surface area contributed by atoms with Gasteiger partial charge >= 0.3 is 0 Å². The largest absolute Gasteiger partial charge is 0.484 e. The molecule has 6 nitrogen and oxygen atoms in total. The smallest absolute Gasteiger partial charge is 0.258 e. The number of carbonyl (C=O) groups is 1. The van der Waals surface area contributed by atoms with Crippen molar-refractivity contribution in [3.05, 3.63) is 47.0 Å². The number of nitrogens with one attached hydrogen (secondary N) is 1. The van der Waals surface area contributed by atoms with E-state index < -0.39 is 17.3 Å². The maximum Gasteiger partial charge on any atom is 0.258 e. The molecule has 2 aromatic rings. The fraction of sp³-hybridized carbons (Fsp3) is 0.333. The number of hydrogen-bond donors (Lipinski definition) is 2. The SMILES string of the molecule is Cn1cc(C(C)(O)CNC(=O)COc2ccc(F)c(Cl)c2)cn1. The zero-order valence-electron chi connectivity index (χ0n) is 12.7. The molecular weight excluding hydrogens is 325 g/mol. The first kappa shape index (κ1) is 17.2. The van der Waals surface area contributed by atoms with E-state index in [1.807, 2.05) is 0 Å². The molecule has 1 amide bonds. The summed E-state index contributed by atoms with van der Waals surface area (Å²) in [5.74, 6) is -0.698. The van der Waals surface area contributed by atoms with Gasteiger partial charge < -0.3 is 15.2 Å². The third kappa shape index (κ3) is 4.67. The average Bonchev–Trinajstić information content (AvgIpc) is 2.94. The Bertz CT molecular complexity index is 703. The predicted octanol–water partition coefficient (Wildman–Crippen LogP) is 1.62. The molecule has 0 aliphatic heterocycles. The molecule has 0 saturated heterocycles. The van der Waals surface area contributed by atoms with E-state index in [0.29, 0.717) is 5.56 Å². The fourth-order valence-corrected chi connectivity index (χ4v) is 2.01. The topological polar surface area (TPSA) is 76.4 Å². The number of rotatable bonds is 6. The Balaban J connectivity index is 1.84. The molecule has 8 heteroatoms. The molecule has 1 unspecified atom stereocenters. The minimum atomic E-state index is -1.25. The normalized spacial score (nSPS) is 13.4. The Labute approximate surface area is 137 Å². The van der Waals surface area contributed by atoms with Crippen LogP contribution in [0.5, 0.6) is 5.75 Å². The lowest BCUT2D eigenvalue weighted by atomic mass is 10.00. The molecule has 0 fully saturated rings. The van der Waals surface area contributed by atoms with Crippen molar-refractivity contribution in [3.8, 4) is 5.75 Å². The molecule has 0 aliphatic rings. The first-order chi connectivity index (χ1) is 10.8. The molecule has 1 heterocycles. The van der Waals surface area contributed by atoms with Crippen LogP contribution in [0.3, 0.4) is 0 Å². The van der Waals surface area contributed by atoms with Gasteiger partial charge in [-0.1, -0.05) is 11.6 Å². The number of benzene rings is 1. The summed E-state index contributed by atoms with van der Waals surface area (Å²) in [6.45, 7) is 1.31. The summed E-state index contributed by atoms with van der Waals surface area (Å²) in [7, 11) is 1.74. The van der Waals surface area contributed by atoms with Crippen molar-refractivity contribution in [2.75, 3.05) is 13.2 Å². The summed E-state index contributed by atoms with van der Waals surface area (Å²) in [6, 6.07) is 3.82. The number of nitrogens with zero attached hydrogens (tertiary/aromatic N) is 2. The van der Waals surface area contributed by atoms with E-state index >= 15 is 0 Å². The van der Waals surface area contributed by atoms with E-state index in [1.165, 1.54) is 18.3 Å². The Kier molecular flexibility index (Phi) is 5.23.